The maximum absolute atomic E-state index is 9.83. The van der Waals surface area contributed by atoms with Crippen molar-refractivity contribution in [1.29, 1.82) is 0 Å². The van der Waals surface area contributed by atoms with Crippen molar-refractivity contribution < 1.29 is 17.7 Å². The van der Waals surface area contributed by atoms with E-state index >= 15 is 0 Å². The van der Waals surface area contributed by atoms with Crippen molar-refractivity contribution in [2.24, 2.45) is 0 Å². The van der Waals surface area contributed by atoms with Crippen LogP contribution < -0.4 is 4.74 Å². The zero-order valence-corrected chi connectivity index (χ0v) is 20.8. The van der Waals surface area contributed by atoms with Crippen LogP contribution in [0.1, 0.15) is 40.5 Å². The van der Waals surface area contributed by atoms with Crippen LogP contribution in [0.5, 0.6) is 5.75 Å². The van der Waals surface area contributed by atoms with Crippen molar-refractivity contribution in [1.82, 2.24) is 0 Å². The normalized spacial score (nSPS) is 11.6. The standard InChI is InChI=1S/C22H23OS.C4H10O3S/c1-22(2,3)23-18-14-16-21(17-15-18)24(19-10-6-4-7-11-19)20-12-8-5-9-13-20;1-2-3-4-8(5,6)7/h4-17H,1-3H3;2-4H2,1H3,(H,5,6,7)/q+1;/p-1. The van der Waals surface area contributed by atoms with Crippen molar-refractivity contribution in [3.05, 3.63) is 84.9 Å². The third kappa shape index (κ3) is 9.47. The highest BCUT2D eigenvalue weighted by molar-refractivity contribution is 7.97. The smallest absolute Gasteiger partial charge is 0.166 e. The van der Waals surface area contributed by atoms with Crippen LogP contribution >= 0.6 is 0 Å². The maximum Gasteiger partial charge on any atom is 0.166 e. The van der Waals surface area contributed by atoms with Crippen molar-refractivity contribution in [3.63, 3.8) is 0 Å². The molecule has 0 unspecified atom stereocenters. The van der Waals surface area contributed by atoms with Gasteiger partial charge in [-0.1, -0.05) is 49.7 Å². The molecule has 0 heterocycles. The Hall–Kier alpha value is -2.28. The molecule has 3 rings (SSSR count). The molecule has 4 nitrogen and oxygen atoms in total. The number of rotatable bonds is 7. The lowest BCUT2D eigenvalue weighted by molar-refractivity contribution is 0.131. The Balaban J connectivity index is 0.000000390. The van der Waals surface area contributed by atoms with E-state index in [4.69, 9.17) is 4.74 Å². The van der Waals surface area contributed by atoms with E-state index in [2.05, 4.69) is 106 Å². The number of hydrogen-bond acceptors (Lipinski definition) is 4. The van der Waals surface area contributed by atoms with Crippen LogP contribution in [0, 0.1) is 0 Å². The number of benzene rings is 3. The highest BCUT2D eigenvalue weighted by atomic mass is 32.2. The topological polar surface area (TPSA) is 66.4 Å². The first kappa shape index (κ1) is 26.0. The quantitative estimate of drug-likeness (QED) is 0.299. The number of unbranched alkanes of at least 4 members (excludes halogenated alkanes) is 1. The van der Waals surface area contributed by atoms with E-state index in [1.807, 2.05) is 6.92 Å². The summed E-state index contributed by atoms with van der Waals surface area (Å²) < 4.78 is 35.5. The monoisotopic (exact) mass is 472 g/mol. The summed E-state index contributed by atoms with van der Waals surface area (Å²) >= 11 is 0. The highest BCUT2D eigenvalue weighted by Crippen LogP contribution is 2.32. The second kappa shape index (κ2) is 12.1. The summed E-state index contributed by atoms with van der Waals surface area (Å²) in [6.07, 6.45) is 1.23. The Morgan fingerprint density at radius 2 is 1.22 bits per heavy atom. The van der Waals surface area contributed by atoms with E-state index in [0.717, 1.165) is 12.2 Å². The summed E-state index contributed by atoms with van der Waals surface area (Å²) in [5.41, 5.74) is -0.179. The molecule has 0 aliphatic carbocycles. The molecule has 0 saturated carbocycles. The van der Waals surface area contributed by atoms with Crippen LogP contribution in [0.3, 0.4) is 0 Å². The fourth-order valence-electron chi connectivity index (χ4n) is 2.84. The van der Waals surface area contributed by atoms with Crippen LogP contribution in [0.4, 0.5) is 0 Å². The van der Waals surface area contributed by atoms with Gasteiger partial charge in [-0.15, -0.1) is 0 Å². The van der Waals surface area contributed by atoms with Gasteiger partial charge in [-0.25, -0.2) is 8.42 Å². The third-order valence-corrected chi connectivity index (χ3v) is 7.21. The molecule has 0 amide bonds. The van der Waals surface area contributed by atoms with Crippen LogP contribution in [0.25, 0.3) is 0 Å². The number of ether oxygens (including phenoxy) is 1. The van der Waals surface area contributed by atoms with Gasteiger partial charge in [-0.2, -0.15) is 0 Å². The molecule has 0 aromatic heterocycles. The fraction of sp³-hybridized carbons (Fsp3) is 0.308. The Morgan fingerprint density at radius 3 is 1.56 bits per heavy atom. The van der Waals surface area contributed by atoms with Gasteiger partial charge in [-0.05, 0) is 75.7 Å². The van der Waals surface area contributed by atoms with Gasteiger partial charge in [0.25, 0.3) is 0 Å². The molecule has 0 atom stereocenters. The molecule has 3 aromatic carbocycles. The molecule has 0 fully saturated rings. The molecule has 172 valence electrons. The van der Waals surface area contributed by atoms with Gasteiger partial charge in [0.2, 0.25) is 0 Å². The molecule has 0 spiro atoms. The van der Waals surface area contributed by atoms with E-state index in [0.29, 0.717) is 6.42 Å². The summed E-state index contributed by atoms with van der Waals surface area (Å²) in [6.45, 7) is 8.05. The predicted octanol–water partition coefficient (Wildman–Crippen LogP) is 6.29. The second-order valence-corrected chi connectivity index (χ2v) is 11.8. The van der Waals surface area contributed by atoms with Gasteiger partial charge >= 0.3 is 0 Å². The zero-order chi connectivity index (χ0) is 23.6. The lowest BCUT2D eigenvalue weighted by atomic mass is 10.2. The van der Waals surface area contributed by atoms with E-state index in [1.165, 1.54) is 14.7 Å². The summed E-state index contributed by atoms with van der Waals surface area (Å²) in [5, 5.41) is 0. The minimum Gasteiger partial charge on any atom is -0.748 e. The lowest BCUT2D eigenvalue weighted by Gasteiger charge is -2.21. The van der Waals surface area contributed by atoms with Gasteiger partial charge in [0.15, 0.2) is 14.7 Å². The average molecular weight is 473 g/mol. The van der Waals surface area contributed by atoms with Gasteiger partial charge in [-0.3, -0.25) is 0 Å². The first-order chi connectivity index (χ1) is 15.1. The van der Waals surface area contributed by atoms with Crippen LogP contribution in [0.15, 0.2) is 99.6 Å². The van der Waals surface area contributed by atoms with Gasteiger partial charge < -0.3 is 9.29 Å². The first-order valence-corrected chi connectivity index (χ1v) is 13.5. The molecular weight excluding hydrogens is 440 g/mol. The van der Waals surface area contributed by atoms with Gasteiger partial charge in [0.1, 0.15) is 11.4 Å². The highest BCUT2D eigenvalue weighted by Gasteiger charge is 2.28. The fourth-order valence-corrected chi connectivity index (χ4v) is 5.57. The van der Waals surface area contributed by atoms with Crippen LogP contribution in [-0.2, 0) is 21.0 Å². The van der Waals surface area contributed by atoms with Gasteiger partial charge in [0.05, 0.1) is 21.0 Å². The Labute approximate surface area is 195 Å². The summed E-state index contributed by atoms with van der Waals surface area (Å²) in [4.78, 5) is 3.95. The summed E-state index contributed by atoms with van der Waals surface area (Å²) in [7, 11) is -4.04. The van der Waals surface area contributed by atoms with Crippen LogP contribution in [0.2, 0.25) is 0 Å². The Bertz CT molecular complexity index is 987. The van der Waals surface area contributed by atoms with Gasteiger partial charge in [0, 0.05) is 5.75 Å². The zero-order valence-electron chi connectivity index (χ0n) is 19.2. The third-order valence-electron chi connectivity index (χ3n) is 4.19. The van der Waals surface area contributed by atoms with E-state index in [9.17, 15) is 13.0 Å². The van der Waals surface area contributed by atoms with Crippen molar-refractivity contribution >= 4 is 21.0 Å². The van der Waals surface area contributed by atoms with Crippen molar-refractivity contribution in [2.45, 2.75) is 60.8 Å². The van der Waals surface area contributed by atoms with E-state index in [-0.39, 0.29) is 22.2 Å². The lowest BCUT2D eigenvalue weighted by Crippen LogP contribution is -2.22. The predicted molar refractivity (Wildman–Crippen MR) is 131 cm³/mol. The molecule has 3 aromatic rings. The Morgan fingerprint density at radius 1 is 0.781 bits per heavy atom. The first-order valence-electron chi connectivity index (χ1n) is 10.7. The SMILES string of the molecule is CC(C)(C)Oc1ccc([S+](c2ccccc2)c2ccccc2)cc1.CCCCS(=O)(=O)[O-]. The molecular formula is C26H32O4S2. The summed E-state index contributed by atoms with van der Waals surface area (Å²) in [5.74, 6) is 0.694. The molecule has 0 bridgehead atoms. The Kier molecular flexibility index (Phi) is 9.82. The van der Waals surface area contributed by atoms with Crippen LogP contribution in [-0.4, -0.2) is 24.3 Å². The largest absolute Gasteiger partial charge is 0.748 e. The average Bonchev–Trinajstić information content (AvgIpc) is 2.74. The summed E-state index contributed by atoms with van der Waals surface area (Å²) in [6, 6.07) is 29.9. The number of hydrogen-bond donors (Lipinski definition) is 0. The van der Waals surface area contributed by atoms with Crippen molar-refractivity contribution in [3.8, 4) is 5.75 Å². The van der Waals surface area contributed by atoms with Crippen molar-refractivity contribution in [2.75, 3.05) is 5.75 Å². The molecule has 0 radical (unpaired) electrons. The molecule has 32 heavy (non-hydrogen) atoms. The molecule has 0 N–H and O–H groups in total. The second-order valence-electron chi connectivity index (χ2n) is 8.23. The maximum atomic E-state index is 9.83. The van der Waals surface area contributed by atoms with E-state index in [1.54, 1.807) is 0 Å². The molecule has 0 saturated heterocycles. The minimum atomic E-state index is -3.94. The van der Waals surface area contributed by atoms with E-state index < -0.39 is 10.1 Å². The molecule has 0 aliphatic heterocycles. The molecule has 0 aliphatic rings. The minimum absolute atomic E-state index is 0.102. The molecule has 6 heteroatoms.